The number of amides is 1. The molecule has 0 aliphatic rings. The van der Waals surface area contributed by atoms with E-state index in [4.69, 9.17) is 4.42 Å². The van der Waals surface area contributed by atoms with E-state index in [1.54, 1.807) is 12.1 Å². The summed E-state index contributed by atoms with van der Waals surface area (Å²) < 4.78 is 6.06. The molecular formula is C24H17NO3. The normalized spacial score (nSPS) is 10.4. The van der Waals surface area contributed by atoms with Crippen molar-refractivity contribution in [1.29, 1.82) is 0 Å². The Labute approximate surface area is 162 Å². The molecule has 0 aliphatic carbocycles. The van der Waals surface area contributed by atoms with Gasteiger partial charge in [-0.15, -0.1) is 0 Å². The highest BCUT2D eigenvalue weighted by Gasteiger charge is 2.21. The lowest BCUT2D eigenvalue weighted by molar-refractivity contribution is 0.102. The van der Waals surface area contributed by atoms with Crippen molar-refractivity contribution in [1.82, 2.24) is 0 Å². The summed E-state index contributed by atoms with van der Waals surface area (Å²) in [5.74, 6) is 0.166. The van der Waals surface area contributed by atoms with Gasteiger partial charge in [0.2, 0.25) is 0 Å². The first-order valence-electron chi connectivity index (χ1n) is 8.88. The number of para-hydroxylation sites is 1. The van der Waals surface area contributed by atoms with Crippen LogP contribution in [0.1, 0.15) is 10.4 Å². The summed E-state index contributed by atoms with van der Waals surface area (Å²) in [5.41, 5.74) is 1.63. The van der Waals surface area contributed by atoms with Crippen LogP contribution in [-0.2, 0) is 0 Å². The molecule has 28 heavy (non-hydrogen) atoms. The molecule has 1 amide bonds. The van der Waals surface area contributed by atoms with Crippen LogP contribution in [0, 0.1) is 0 Å². The topological polar surface area (TPSA) is 59.3 Å². The third-order valence-corrected chi connectivity index (χ3v) is 4.30. The molecule has 136 valence electrons. The van der Waals surface area contributed by atoms with Crippen LogP contribution in [0.5, 0.6) is 0 Å². The molecule has 1 N–H and O–H groups in total. The summed E-state index contributed by atoms with van der Waals surface area (Å²) in [5, 5.41) is 2.77. The Balaban J connectivity index is 1.85. The summed E-state index contributed by atoms with van der Waals surface area (Å²) in [6, 6.07) is 28.9. The fourth-order valence-electron chi connectivity index (χ4n) is 2.96. The Hall–Kier alpha value is -3.92. The first-order chi connectivity index (χ1) is 13.7. The van der Waals surface area contributed by atoms with Crippen molar-refractivity contribution in [3.63, 3.8) is 0 Å². The summed E-state index contributed by atoms with van der Waals surface area (Å²) in [4.78, 5) is 25.8. The SMILES string of the molecule is O=C(Nc1ccccc1)c1c(-c2ccccc2)oc(-c2ccccc2)cc1=O. The molecule has 4 aromatic rings. The molecule has 0 unspecified atom stereocenters. The van der Waals surface area contributed by atoms with E-state index in [2.05, 4.69) is 5.32 Å². The Morgan fingerprint density at radius 2 is 1.25 bits per heavy atom. The molecular weight excluding hydrogens is 350 g/mol. The zero-order chi connectivity index (χ0) is 19.3. The van der Waals surface area contributed by atoms with Gasteiger partial charge < -0.3 is 9.73 Å². The summed E-state index contributed by atoms with van der Waals surface area (Å²) in [6.45, 7) is 0. The molecule has 3 aromatic carbocycles. The average Bonchev–Trinajstić information content (AvgIpc) is 2.75. The number of hydrogen-bond donors (Lipinski definition) is 1. The highest BCUT2D eigenvalue weighted by molar-refractivity contribution is 6.07. The van der Waals surface area contributed by atoms with Gasteiger partial charge in [-0.25, -0.2) is 0 Å². The van der Waals surface area contributed by atoms with Crippen LogP contribution in [0.2, 0.25) is 0 Å². The number of hydrogen-bond acceptors (Lipinski definition) is 3. The molecule has 4 heteroatoms. The average molecular weight is 367 g/mol. The Morgan fingerprint density at radius 3 is 1.86 bits per heavy atom. The fraction of sp³-hybridized carbons (Fsp3) is 0. The van der Waals surface area contributed by atoms with Gasteiger partial charge in [-0.2, -0.15) is 0 Å². The number of anilines is 1. The van der Waals surface area contributed by atoms with Crippen LogP contribution >= 0.6 is 0 Å². The van der Waals surface area contributed by atoms with E-state index in [1.807, 2.05) is 78.9 Å². The third kappa shape index (κ3) is 3.62. The van der Waals surface area contributed by atoms with Gasteiger partial charge in [0.25, 0.3) is 5.91 Å². The monoisotopic (exact) mass is 367 g/mol. The minimum absolute atomic E-state index is 0.0188. The van der Waals surface area contributed by atoms with E-state index in [0.29, 0.717) is 17.0 Å². The molecule has 1 aromatic heterocycles. The van der Waals surface area contributed by atoms with Crippen molar-refractivity contribution in [2.75, 3.05) is 5.32 Å². The molecule has 0 bridgehead atoms. The minimum atomic E-state index is -0.501. The van der Waals surface area contributed by atoms with Gasteiger partial charge in [-0.1, -0.05) is 78.9 Å². The molecule has 0 atom stereocenters. The van der Waals surface area contributed by atoms with Gasteiger partial charge in [-0.05, 0) is 12.1 Å². The number of carbonyl (C=O) groups is 1. The predicted molar refractivity (Wildman–Crippen MR) is 110 cm³/mol. The molecule has 0 saturated heterocycles. The molecule has 0 spiro atoms. The van der Waals surface area contributed by atoms with Crippen molar-refractivity contribution < 1.29 is 9.21 Å². The van der Waals surface area contributed by atoms with Crippen LogP contribution in [0.4, 0.5) is 5.69 Å². The lowest BCUT2D eigenvalue weighted by atomic mass is 10.0. The third-order valence-electron chi connectivity index (χ3n) is 4.30. The second-order valence-corrected chi connectivity index (χ2v) is 6.23. The van der Waals surface area contributed by atoms with E-state index in [-0.39, 0.29) is 11.3 Å². The molecule has 0 aliphatic heterocycles. The van der Waals surface area contributed by atoms with E-state index >= 15 is 0 Å². The number of nitrogens with one attached hydrogen (secondary N) is 1. The molecule has 0 fully saturated rings. The molecule has 0 radical (unpaired) electrons. The maximum Gasteiger partial charge on any atom is 0.263 e. The molecule has 4 nitrogen and oxygen atoms in total. The first kappa shape index (κ1) is 17.5. The van der Waals surface area contributed by atoms with Gasteiger partial charge in [0.15, 0.2) is 11.2 Å². The zero-order valence-corrected chi connectivity index (χ0v) is 15.0. The van der Waals surface area contributed by atoms with E-state index < -0.39 is 11.3 Å². The van der Waals surface area contributed by atoms with Gasteiger partial charge in [-0.3, -0.25) is 9.59 Å². The fourth-order valence-corrected chi connectivity index (χ4v) is 2.96. The molecule has 0 saturated carbocycles. The standard InChI is InChI=1S/C24H17NO3/c26-20-16-21(17-10-4-1-5-11-17)28-23(18-12-6-2-7-13-18)22(20)24(27)25-19-14-8-3-9-15-19/h1-16H,(H,25,27). The Kier molecular flexibility index (Phi) is 4.85. The number of carbonyl (C=O) groups excluding carboxylic acids is 1. The van der Waals surface area contributed by atoms with Gasteiger partial charge in [0.05, 0.1) is 0 Å². The molecule has 1 heterocycles. The highest BCUT2D eigenvalue weighted by Crippen LogP contribution is 2.28. The van der Waals surface area contributed by atoms with Crippen molar-refractivity contribution in [3.05, 3.63) is 113 Å². The van der Waals surface area contributed by atoms with Gasteiger partial charge in [0.1, 0.15) is 11.3 Å². The van der Waals surface area contributed by atoms with Crippen LogP contribution in [0.25, 0.3) is 22.6 Å². The minimum Gasteiger partial charge on any atom is -0.455 e. The van der Waals surface area contributed by atoms with Crippen LogP contribution in [-0.4, -0.2) is 5.91 Å². The largest absolute Gasteiger partial charge is 0.455 e. The highest BCUT2D eigenvalue weighted by atomic mass is 16.3. The van der Waals surface area contributed by atoms with Crippen molar-refractivity contribution in [3.8, 4) is 22.6 Å². The second kappa shape index (κ2) is 7.76. The van der Waals surface area contributed by atoms with E-state index in [0.717, 1.165) is 5.56 Å². The maximum atomic E-state index is 12.9. The zero-order valence-electron chi connectivity index (χ0n) is 15.0. The summed E-state index contributed by atoms with van der Waals surface area (Å²) in [7, 11) is 0. The Morgan fingerprint density at radius 1 is 0.714 bits per heavy atom. The van der Waals surface area contributed by atoms with E-state index in [1.165, 1.54) is 6.07 Å². The predicted octanol–water partition coefficient (Wildman–Crippen LogP) is 5.23. The lowest BCUT2D eigenvalue weighted by Gasteiger charge is -2.11. The van der Waals surface area contributed by atoms with Crippen LogP contribution < -0.4 is 10.7 Å². The molecule has 4 rings (SSSR count). The first-order valence-corrected chi connectivity index (χ1v) is 8.88. The van der Waals surface area contributed by atoms with Crippen LogP contribution in [0.3, 0.4) is 0 Å². The van der Waals surface area contributed by atoms with Crippen LogP contribution in [0.15, 0.2) is 106 Å². The maximum absolute atomic E-state index is 12.9. The Bertz CT molecular complexity index is 1150. The second-order valence-electron chi connectivity index (χ2n) is 6.23. The smallest absolute Gasteiger partial charge is 0.263 e. The lowest BCUT2D eigenvalue weighted by Crippen LogP contribution is -2.22. The van der Waals surface area contributed by atoms with E-state index in [9.17, 15) is 9.59 Å². The summed E-state index contributed by atoms with van der Waals surface area (Å²) >= 11 is 0. The number of rotatable bonds is 4. The summed E-state index contributed by atoms with van der Waals surface area (Å²) in [6.07, 6.45) is 0. The van der Waals surface area contributed by atoms with Crippen molar-refractivity contribution in [2.24, 2.45) is 0 Å². The number of benzene rings is 3. The quantitative estimate of drug-likeness (QED) is 0.537. The van der Waals surface area contributed by atoms with Crippen molar-refractivity contribution in [2.45, 2.75) is 0 Å². The van der Waals surface area contributed by atoms with Crippen molar-refractivity contribution >= 4 is 11.6 Å². The van der Waals surface area contributed by atoms with Gasteiger partial charge >= 0.3 is 0 Å². The van der Waals surface area contributed by atoms with Gasteiger partial charge in [0, 0.05) is 22.9 Å².